The van der Waals surface area contributed by atoms with Crippen LogP contribution in [0.4, 0.5) is 4.39 Å². The fraction of sp³-hybridized carbons (Fsp3) is 0.118. The van der Waals surface area contributed by atoms with Crippen molar-refractivity contribution in [3.05, 3.63) is 48.4 Å². The number of para-hydroxylation sites is 1. The van der Waals surface area contributed by atoms with Crippen molar-refractivity contribution in [2.75, 3.05) is 7.11 Å². The van der Waals surface area contributed by atoms with Crippen LogP contribution in [0.2, 0.25) is 0 Å². The molecular weight excluding hydrogens is 285 g/mol. The lowest BCUT2D eigenvalue weighted by Crippen LogP contribution is -2.28. The number of methoxy groups -OCH3 is 1. The molecule has 4 aromatic rings. The highest BCUT2D eigenvalue weighted by Gasteiger charge is 2.20. The predicted octanol–water partition coefficient (Wildman–Crippen LogP) is 4.18. The fourth-order valence-corrected chi connectivity index (χ4v) is 4.19. The van der Waals surface area contributed by atoms with Gasteiger partial charge in [0.25, 0.3) is 5.52 Å². The molecule has 0 aliphatic heterocycles. The van der Waals surface area contributed by atoms with Crippen LogP contribution in [0.15, 0.2) is 42.6 Å². The standard InChI is InChI=1S/C17H13FNOS/c1-19-9-14-15(10-5-3-7-12(20-2)17(10)19)16-11(18)6-4-8-13(16)21-14/h3-9H,1-2H3/q+1. The summed E-state index contributed by atoms with van der Waals surface area (Å²) in [7, 11) is 3.65. The first kappa shape index (κ1) is 12.5. The average molecular weight is 298 g/mol. The summed E-state index contributed by atoms with van der Waals surface area (Å²) in [6.07, 6.45) is 2.05. The van der Waals surface area contributed by atoms with Crippen LogP contribution in [0.25, 0.3) is 31.1 Å². The average Bonchev–Trinajstić information content (AvgIpc) is 2.86. The third-order valence-corrected chi connectivity index (χ3v) is 4.93. The monoisotopic (exact) mass is 298 g/mol. The predicted molar refractivity (Wildman–Crippen MR) is 84.5 cm³/mol. The number of halogens is 1. The normalized spacial score (nSPS) is 11.6. The number of aromatic nitrogens is 1. The van der Waals surface area contributed by atoms with Gasteiger partial charge < -0.3 is 4.74 Å². The Morgan fingerprint density at radius 3 is 2.67 bits per heavy atom. The molecule has 0 bridgehead atoms. The van der Waals surface area contributed by atoms with Gasteiger partial charge in [0.05, 0.1) is 12.5 Å². The molecule has 2 nitrogen and oxygen atoms in total. The molecule has 0 unspecified atom stereocenters. The van der Waals surface area contributed by atoms with Gasteiger partial charge in [-0.2, -0.15) is 4.57 Å². The lowest BCUT2D eigenvalue weighted by molar-refractivity contribution is -0.643. The maximum absolute atomic E-state index is 14.3. The number of pyridine rings is 1. The molecule has 0 saturated carbocycles. The fourth-order valence-electron chi connectivity index (χ4n) is 2.98. The summed E-state index contributed by atoms with van der Waals surface area (Å²) in [6, 6.07) is 11.2. The van der Waals surface area contributed by atoms with Gasteiger partial charge in [-0.05, 0) is 24.3 Å². The highest BCUT2D eigenvalue weighted by Crippen LogP contribution is 2.39. The molecule has 4 rings (SSSR count). The second-order valence-electron chi connectivity index (χ2n) is 5.05. The summed E-state index contributed by atoms with van der Waals surface area (Å²) in [5.41, 5.74) is 0.982. The van der Waals surface area contributed by atoms with Gasteiger partial charge in [-0.25, -0.2) is 4.39 Å². The Morgan fingerprint density at radius 1 is 1.05 bits per heavy atom. The highest BCUT2D eigenvalue weighted by molar-refractivity contribution is 7.26. The first-order valence-corrected chi connectivity index (χ1v) is 7.48. The molecule has 0 saturated heterocycles. The summed E-state index contributed by atoms with van der Waals surface area (Å²) < 4.78 is 23.9. The molecule has 0 radical (unpaired) electrons. The molecular formula is C17H13FNOS+. The van der Waals surface area contributed by atoms with Crippen LogP contribution in [0.1, 0.15) is 0 Å². The Balaban J connectivity index is 2.35. The van der Waals surface area contributed by atoms with Crippen molar-refractivity contribution in [2.45, 2.75) is 0 Å². The minimum absolute atomic E-state index is 0.170. The number of fused-ring (bicyclic) bond motifs is 5. The number of rotatable bonds is 1. The molecule has 2 aromatic heterocycles. The van der Waals surface area contributed by atoms with Crippen LogP contribution in [0.5, 0.6) is 5.75 Å². The molecule has 0 aliphatic rings. The van der Waals surface area contributed by atoms with Gasteiger partial charge in [0.15, 0.2) is 11.9 Å². The second kappa shape index (κ2) is 4.40. The largest absolute Gasteiger partial charge is 0.490 e. The number of benzene rings is 2. The zero-order valence-corrected chi connectivity index (χ0v) is 12.5. The van der Waals surface area contributed by atoms with Crippen molar-refractivity contribution in [1.82, 2.24) is 0 Å². The van der Waals surface area contributed by atoms with Gasteiger partial charge in [-0.1, -0.05) is 12.1 Å². The first-order valence-electron chi connectivity index (χ1n) is 6.67. The van der Waals surface area contributed by atoms with Crippen LogP contribution in [-0.2, 0) is 7.05 Å². The maximum atomic E-state index is 14.3. The lowest BCUT2D eigenvalue weighted by atomic mass is 10.1. The molecule has 2 aromatic carbocycles. The number of aryl methyl sites for hydroxylation is 1. The van der Waals surface area contributed by atoms with E-state index in [2.05, 4.69) is 0 Å². The third-order valence-electron chi connectivity index (χ3n) is 3.84. The summed E-state index contributed by atoms with van der Waals surface area (Å²) >= 11 is 1.62. The molecule has 0 spiro atoms. The van der Waals surface area contributed by atoms with Crippen LogP contribution >= 0.6 is 11.3 Å². The van der Waals surface area contributed by atoms with Gasteiger partial charge in [0.2, 0.25) is 0 Å². The van der Waals surface area contributed by atoms with Crippen LogP contribution in [0.3, 0.4) is 0 Å². The van der Waals surface area contributed by atoms with Gasteiger partial charge >= 0.3 is 0 Å². The molecule has 0 fully saturated rings. The minimum atomic E-state index is -0.170. The van der Waals surface area contributed by atoms with Crippen molar-refractivity contribution in [1.29, 1.82) is 0 Å². The van der Waals surface area contributed by atoms with Gasteiger partial charge in [0, 0.05) is 15.5 Å². The topological polar surface area (TPSA) is 13.1 Å². The summed E-state index contributed by atoms with van der Waals surface area (Å²) in [5.74, 6) is 0.629. The molecule has 0 atom stereocenters. The smallest absolute Gasteiger partial charge is 0.255 e. The summed E-state index contributed by atoms with van der Waals surface area (Å²) in [4.78, 5) is 0. The first-order chi connectivity index (χ1) is 10.2. The number of thiophene rings is 1. The van der Waals surface area contributed by atoms with E-state index in [1.165, 1.54) is 6.07 Å². The van der Waals surface area contributed by atoms with Crippen LogP contribution < -0.4 is 9.30 Å². The van der Waals surface area contributed by atoms with E-state index >= 15 is 0 Å². The van der Waals surface area contributed by atoms with Crippen molar-refractivity contribution in [2.24, 2.45) is 7.05 Å². The van der Waals surface area contributed by atoms with Crippen LogP contribution in [0, 0.1) is 5.82 Å². The number of hydrogen-bond acceptors (Lipinski definition) is 2. The quantitative estimate of drug-likeness (QED) is 0.480. The highest BCUT2D eigenvalue weighted by atomic mass is 32.1. The number of ether oxygens (including phenoxy) is 1. The van der Waals surface area contributed by atoms with E-state index in [1.807, 2.05) is 42.1 Å². The molecule has 0 amide bonds. The van der Waals surface area contributed by atoms with Crippen LogP contribution in [-0.4, -0.2) is 7.11 Å². The SMILES string of the molecule is COc1cccc2c3c(c[n+](C)c12)sc1cccc(F)c13. The zero-order valence-electron chi connectivity index (χ0n) is 11.7. The van der Waals surface area contributed by atoms with Gasteiger partial charge in [0.1, 0.15) is 17.6 Å². The van der Waals surface area contributed by atoms with Crippen molar-refractivity contribution in [3.63, 3.8) is 0 Å². The maximum Gasteiger partial charge on any atom is 0.255 e. The Morgan fingerprint density at radius 2 is 1.86 bits per heavy atom. The second-order valence-corrected chi connectivity index (χ2v) is 6.13. The van der Waals surface area contributed by atoms with E-state index in [9.17, 15) is 4.39 Å². The van der Waals surface area contributed by atoms with Crippen molar-refractivity contribution >= 4 is 42.4 Å². The van der Waals surface area contributed by atoms with E-state index in [4.69, 9.17) is 4.74 Å². The van der Waals surface area contributed by atoms with Gasteiger partial charge in [-0.15, -0.1) is 11.3 Å². The molecule has 0 aliphatic carbocycles. The zero-order chi connectivity index (χ0) is 14.6. The van der Waals surface area contributed by atoms with E-state index in [0.29, 0.717) is 5.39 Å². The third kappa shape index (κ3) is 1.66. The van der Waals surface area contributed by atoms with E-state index < -0.39 is 0 Å². The molecule has 0 N–H and O–H groups in total. The Kier molecular flexibility index (Phi) is 2.62. The Labute approximate surface area is 125 Å². The molecule has 4 heteroatoms. The Hall–Kier alpha value is -2.20. The molecule has 2 heterocycles. The van der Waals surface area contributed by atoms with E-state index in [1.54, 1.807) is 24.5 Å². The van der Waals surface area contributed by atoms with Gasteiger partial charge in [-0.3, -0.25) is 0 Å². The number of hydrogen-bond donors (Lipinski definition) is 0. The summed E-state index contributed by atoms with van der Waals surface area (Å²) in [5, 5.41) is 2.70. The number of nitrogens with zero attached hydrogens (tertiary/aromatic N) is 1. The van der Waals surface area contributed by atoms with E-state index in [-0.39, 0.29) is 5.82 Å². The summed E-state index contributed by atoms with van der Waals surface area (Å²) in [6.45, 7) is 0. The molecule has 21 heavy (non-hydrogen) atoms. The Bertz CT molecular complexity index is 1010. The minimum Gasteiger partial charge on any atom is -0.490 e. The van der Waals surface area contributed by atoms with Crippen molar-refractivity contribution < 1.29 is 13.7 Å². The lowest BCUT2D eigenvalue weighted by Gasteiger charge is -2.04. The van der Waals surface area contributed by atoms with Crippen molar-refractivity contribution in [3.8, 4) is 5.75 Å². The molecule has 104 valence electrons. The van der Waals surface area contributed by atoms with E-state index in [0.717, 1.165) is 31.4 Å².